The normalized spacial score (nSPS) is 15.2. The highest BCUT2D eigenvalue weighted by Gasteiger charge is 2.31. The Kier molecular flexibility index (Phi) is 7.15. The molecule has 0 spiro atoms. The molecule has 3 aromatic rings. The van der Waals surface area contributed by atoms with Crippen LogP contribution in [0.3, 0.4) is 0 Å². The summed E-state index contributed by atoms with van der Waals surface area (Å²) < 4.78 is 64.7. The Morgan fingerprint density at radius 2 is 1.97 bits per heavy atom. The van der Waals surface area contributed by atoms with Gasteiger partial charge in [-0.25, -0.2) is 17.6 Å². The van der Waals surface area contributed by atoms with Crippen molar-refractivity contribution in [2.75, 3.05) is 31.5 Å². The van der Waals surface area contributed by atoms with Crippen LogP contribution in [-0.2, 0) is 30.9 Å². The summed E-state index contributed by atoms with van der Waals surface area (Å²) in [6, 6.07) is 8.10. The molecule has 204 valence electrons. The Morgan fingerprint density at radius 3 is 2.72 bits per heavy atom. The first-order chi connectivity index (χ1) is 18.7. The molecule has 1 N–H and O–H groups in total. The van der Waals surface area contributed by atoms with E-state index < -0.39 is 21.8 Å². The molecule has 3 heterocycles. The second-order valence-corrected chi connectivity index (χ2v) is 10.7. The number of rotatable bonds is 8. The van der Waals surface area contributed by atoms with Gasteiger partial charge in [0.25, 0.3) is 10.0 Å². The first-order valence-corrected chi connectivity index (χ1v) is 13.5. The van der Waals surface area contributed by atoms with Crippen molar-refractivity contribution in [3.63, 3.8) is 0 Å². The number of hydrogen-bond acceptors (Lipinski definition) is 9. The van der Waals surface area contributed by atoms with E-state index in [1.54, 1.807) is 18.2 Å². The van der Waals surface area contributed by atoms with Crippen LogP contribution in [-0.4, -0.2) is 58.1 Å². The standard InChI is InChI=1S/C27H25FN2O8S/c1-16(31)38-19-13-30(14-19)10-3-4-17-12-18(28)5-8-24(17)39(33,34)29-22-7-6-21-20-9-11-36-23(20)15-37-26(21)25(22)27(32)35-2/h3-9,11-12,19,29H,10,13-15H2,1-2H3. The van der Waals surface area contributed by atoms with Crippen LogP contribution in [0.4, 0.5) is 10.1 Å². The molecule has 0 amide bonds. The Labute approximate surface area is 224 Å². The highest BCUT2D eigenvalue weighted by Crippen LogP contribution is 2.43. The van der Waals surface area contributed by atoms with Crippen LogP contribution in [0.2, 0.25) is 0 Å². The summed E-state index contributed by atoms with van der Waals surface area (Å²) in [4.78, 5) is 25.6. The molecule has 0 unspecified atom stereocenters. The average molecular weight is 557 g/mol. The minimum absolute atomic E-state index is 0.0520. The smallest absolute Gasteiger partial charge is 0.343 e. The van der Waals surface area contributed by atoms with Crippen molar-refractivity contribution in [3.05, 3.63) is 71.4 Å². The number of sulfonamides is 1. The number of carbonyl (C=O) groups is 2. The number of likely N-dealkylation sites (tertiary alicyclic amines) is 1. The van der Waals surface area contributed by atoms with Gasteiger partial charge in [0.15, 0.2) is 0 Å². The first-order valence-electron chi connectivity index (χ1n) is 12.0. The lowest BCUT2D eigenvalue weighted by molar-refractivity contribution is -0.154. The second-order valence-electron chi connectivity index (χ2n) is 9.04. The molecule has 2 aliphatic heterocycles. The van der Waals surface area contributed by atoms with Crippen LogP contribution in [0, 0.1) is 5.82 Å². The zero-order chi connectivity index (χ0) is 27.7. The van der Waals surface area contributed by atoms with Crippen molar-refractivity contribution in [2.45, 2.75) is 24.5 Å². The van der Waals surface area contributed by atoms with Gasteiger partial charge in [-0.05, 0) is 42.0 Å². The molecule has 39 heavy (non-hydrogen) atoms. The van der Waals surface area contributed by atoms with E-state index >= 15 is 0 Å². The predicted octanol–water partition coefficient (Wildman–Crippen LogP) is 3.83. The van der Waals surface area contributed by atoms with Gasteiger partial charge in [-0.3, -0.25) is 14.4 Å². The van der Waals surface area contributed by atoms with Crippen LogP contribution in [0.5, 0.6) is 5.75 Å². The van der Waals surface area contributed by atoms with Crippen molar-refractivity contribution < 1.29 is 41.0 Å². The molecule has 0 aliphatic carbocycles. The van der Waals surface area contributed by atoms with E-state index in [-0.39, 0.29) is 46.1 Å². The monoisotopic (exact) mass is 556 g/mol. The number of hydrogen-bond donors (Lipinski definition) is 1. The number of nitrogens with one attached hydrogen (secondary N) is 1. The van der Waals surface area contributed by atoms with E-state index in [1.165, 1.54) is 32.4 Å². The average Bonchev–Trinajstić information content (AvgIpc) is 3.35. The third-order valence-electron chi connectivity index (χ3n) is 6.35. The Balaban J connectivity index is 1.41. The van der Waals surface area contributed by atoms with Crippen LogP contribution in [0.1, 0.15) is 28.6 Å². The van der Waals surface area contributed by atoms with Crippen LogP contribution < -0.4 is 9.46 Å². The van der Waals surface area contributed by atoms with Crippen molar-refractivity contribution in [1.82, 2.24) is 4.90 Å². The minimum Gasteiger partial charge on any atom is -0.484 e. The summed E-state index contributed by atoms with van der Waals surface area (Å²) in [5.41, 5.74) is 1.26. The number of fused-ring (bicyclic) bond motifs is 3. The number of ether oxygens (including phenoxy) is 3. The zero-order valence-electron chi connectivity index (χ0n) is 21.1. The number of methoxy groups -OCH3 is 1. The van der Waals surface area contributed by atoms with Gasteiger partial charge in [0.1, 0.15) is 35.6 Å². The molecule has 10 nitrogen and oxygen atoms in total. The summed E-state index contributed by atoms with van der Waals surface area (Å²) in [5.74, 6) is -1.01. The lowest BCUT2D eigenvalue weighted by Gasteiger charge is -2.37. The highest BCUT2D eigenvalue weighted by atomic mass is 32.2. The maximum atomic E-state index is 14.1. The maximum Gasteiger partial charge on any atom is 0.343 e. The lowest BCUT2D eigenvalue weighted by Crippen LogP contribution is -2.52. The molecule has 1 aromatic heterocycles. The fourth-order valence-corrected chi connectivity index (χ4v) is 5.82. The van der Waals surface area contributed by atoms with E-state index in [4.69, 9.17) is 18.6 Å². The maximum absolute atomic E-state index is 14.1. The van der Waals surface area contributed by atoms with Gasteiger partial charge in [-0.15, -0.1) is 0 Å². The molecule has 0 bridgehead atoms. The van der Waals surface area contributed by atoms with Gasteiger partial charge < -0.3 is 18.6 Å². The molecule has 1 fully saturated rings. The van der Waals surface area contributed by atoms with E-state index in [0.29, 0.717) is 31.0 Å². The second kappa shape index (κ2) is 10.5. The van der Waals surface area contributed by atoms with Gasteiger partial charge in [-0.2, -0.15) is 0 Å². The molecule has 1 saturated heterocycles. The van der Waals surface area contributed by atoms with Crippen molar-refractivity contribution in [3.8, 4) is 16.9 Å². The zero-order valence-corrected chi connectivity index (χ0v) is 21.9. The van der Waals surface area contributed by atoms with Gasteiger partial charge in [0, 0.05) is 37.7 Å². The van der Waals surface area contributed by atoms with E-state index in [1.807, 2.05) is 4.90 Å². The fourth-order valence-electron chi connectivity index (χ4n) is 4.57. The molecule has 12 heteroatoms. The molecular weight excluding hydrogens is 531 g/mol. The van der Waals surface area contributed by atoms with Gasteiger partial charge in [0.2, 0.25) is 0 Å². The number of nitrogens with zero attached hydrogens (tertiary/aromatic N) is 1. The summed E-state index contributed by atoms with van der Waals surface area (Å²) in [6.07, 6.45) is 4.54. The number of carbonyl (C=O) groups excluding carboxylic acids is 2. The third-order valence-corrected chi connectivity index (χ3v) is 7.79. The van der Waals surface area contributed by atoms with Crippen LogP contribution >= 0.6 is 0 Å². The number of furan rings is 1. The van der Waals surface area contributed by atoms with Gasteiger partial charge in [-0.1, -0.05) is 12.2 Å². The van der Waals surface area contributed by atoms with Crippen molar-refractivity contribution in [2.24, 2.45) is 0 Å². The number of anilines is 1. The Bertz CT molecular complexity index is 1570. The highest BCUT2D eigenvalue weighted by molar-refractivity contribution is 7.92. The molecular formula is C27H25FN2O8S. The summed E-state index contributed by atoms with van der Waals surface area (Å²) in [7, 11) is -3.10. The largest absolute Gasteiger partial charge is 0.484 e. The fraction of sp³-hybridized carbons (Fsp3) is 0.259. The van der Waals surface area contributed by atoms with E-state index in [9.17, 15) is 22.4 Å². The minimum atomic E-state index is -4.29. The number of esters is 2. The summed E-state index contributed by atoms with van der Waals surface area (Å²) in [6.45, 7) is 2.96. The number of halogens is 1. The summed E-state index contributed by atoms with van der Waals surface area (Å²) >= 11 is 0. The SMILES string of the molecule is COC(=O)c1c(NS(=O)(=O)c2ccc(F)cc2C=CCN2CC(OC(C)=O)C2)ccc2c1OCc1occc1-2. The van der Waals surface area contributed by atoms with Crippen LogP contribution in [0.15, 0.2) is 58.1 Å². The molecule has 2 aromatic carbocycles. The Hall–Kier alpha value is -4.16. The van der Waals surface area contributed by atoms with E-state index in [2.05, 4.69) is 4.72 Å². The van der Waals surface area contributed by atoms with Gasteiger partial charge in [0.05, 0.1) is 24.0 Å². The third kappa shape index (κ3) is 5.38. The summed E-state index contributed by atoms with van der Waals surface area (Å²) in [5, 5.41) is 0. The van der Waals surface area contributed by atoms with Crippen molar-refractivity contribution in [1.29, 1.82) is 0 Å². The molecule has 0 saturated carbocycles. The first kappa shape index (κ1) is 26.4. The van der Waals surface area contributed by atoms with E-state index in [0.717, 1.165) is 23.8 Å². The Morgan fingerprint density at radius 1 is 1.18 bits per heavy atom. The molecule has 5 rings (SSSR count). The topological polar surface area (TPSA) is 124 Å². The van der Waals surface area contributed by atoms with Crippen LogP contribution in [0.25, 0.3) is 17.2 Å². The molecule has 2 aliphatic rings. The lowest BCUT2D eigenvalue weighted by atomic mass is 9.98. The van der Waals surface area contributed by atoms with Gasteiger partial charge >= 0.3 is 11.9 Å². The van der Waals surface area contributed by atoms with Crippen molar-refractivity contribution >= 4 is 33.7 Å². The predicted molar refractivity (Wildman–Crippen MR) is 138 cm³/mol. The molecule has 0 atom stereocenters. The molecule has 0 radical (unpaired) electrons. The quantitative estimate of drug-likeness (QED) is 0.412. The number of benzene rings is 2.